The van der Waals surface area contributed by atoms with E-state index in [1.807, 2.05) is 88.7 Å². The Labute approximate surface area is 444 Å². The van der Waals surface area contributed by atoms with Crippen molar-refractivity contribution < 1.29 is 43.2 Å². The number of aromatic nitrogens is 4. The number of thiazole rings is 1. The Morgan fingerprint density at radius 3 is 2.31 bits per heavy atom. The third-order valence-electron chi connectivity index (χ3n) is 12.7. The third-order valence-corrected chi connectivity index (χ3v) is 15.1. The van der Waals surface area contributed by atoms with Gasteiger partial charge in [-0.15, -0.1) is 32.9 Å². The van der Waals surface area contributed by atoms with Gasteiger partial charge in [0.2, 0.25) is 23.6 Å². The molecule has 2 aliphatic rings. The largest absolute Gasteiger partial charge is 0.492 e. The molecule has 22 heteroatoms. The number of aliphatic imine (C=N–C) groups is 1. The zero-order valence-electron chi connectivity index (χ0n) is 43.2. The molecule has 5 heterocycles. The number of aliphatic hydroxyl groups excluding tert-OH is 1. The zero-order valence-corrected chi connectivity index (χ0v) is 45.6. The van der Waals surface area contributed by atoms with Crippen LogP contribution in [0.4, 0.5) is 0 Å². The average molecular weight is 1080 g/mol. The molecule has 4 atom stereocenters. The van der Waals surface area contributed by atoms with Crippen molar-refractivity contribution in [3.63, 3.8) is 0 Å². The van der Waals surface area contributed by atoms with Crippen molar-refractivity contribution in [1.82, 2.24) is 45.9 Å². The highest BCUT2D eigenvalue weighted by Gasteiger charge is 2.44. The van der Waals surface area contributed by atoms with Gasteiger partial charge in [-0.25, -0.2) is 4.98 Å². The lowest BCUT2D eigenvalue weighted by Gasteiger charge is -2.35. The second-order valence-electron chi connectivity index (χ2n) is 19.3. The number of amides is 4. The Morgan fingerprint density at radius 2 is 1.61 bits per heavy atom. The zero-order chi connectivity index (χ0) is 53.1. The highest BCUT2D eigenvalue weighted by molar-refractivity contribution is 7.15. The highest BCUT2D eigenvalue weighted by Crippen LogP contribution is 2.40. The van der Waals surface area contributed by atoms with Gasteiger partial charge in [0.1, 0.15) is 47.9 Å². The Hall–Kier alpha value is -5.65. The number of hydrogen-bond acceptors (Lipinski definition) is 16. The summed E-state index contributed by atoms with van der Waals surface area (Å²) in [7, 11) is 1.84. The number of nitrogens with one attached hydrogen (secondary N) is 4. The molecule has 4 unspecified atom stereocenters. The minimum absolute atomic E-state index is 0.0508. The fourth-order valence-electron chi connectivity index (χ4n) is 8.69. The van der Waals surface area contributed by atoms with E-state index in [0.29, 0.717) is 35.6 Å². The Bertz CT molecular complexity index is 2790. The second-order valence-corrected chi connectivity index (χ2v) is 21.8. The standard InChI is InChI=1S/C52H67ClN10O9S2/c1-30-32(3)74-51-44(30)45(34-11-13-37(53)14-12-34)58-39(48-61-60-33(4)63(48)51)25-42(65)55-16-17-69-19-20-70-21-22-71-28-43(66)59-47(52(5,6)7)50(68)62-27-38(64)24-40(62)49(67)56-26-36-10-9-35(46-31(2)57-29-73-46)23-41(36)72-18-15-54-8/h9-14,23,29,38-40,47,54,64H,15-22,24-28H2,1-8H3,(H,55,65)(H,56,67)(H,59,66). The lowest BCUT2D eigenvalue weighted by Crippen LogP contribution is -2.58. The molecule has 74 heavy (non-hydrogen) atoms. The van der Waals surface area contributed by atoms with E-state index in [-0.39, 0.29) is 78.0 Å². The highest BCUT2D eigenvalue weighted by atomic mass is 35.5. The van der Waals surface area contributed by atoms with E-state index in [0.717, 1.165) is 54.0 Å². The van der Waals surface area contributed by atoms with Crippen molar-refractivity contribution in [3.8, 4) is 21.2 Å². The van der Waals surface area contributed by atoms with Crippen LogP contribution >= 0.6 is 34.3 Å². The summed E-state index contributed by atoms with van der Waals surface area (Å²) in [5, 5.41) is 32.9. The van der Waals surface area contributed by atoms with E-state index < -0.39 is 47.4 Å². The number of ether oxygens (including phenoxy) is 4. The number of carbonyl (C=O) groups excluding carboxylic acids is 4. The fraction of sp³-hybridized carbons (Fsp3) is 0.500. The number of halogens is 1. The van der Waals surface area contributed by atoms with Crippen LogP contribution in [-0.4, -0.2) is 150 Å². The molecule has 1 fully saturated rings. The molecule has 0 aliphatic carbocycles. The summed E-state index contributed by atoms with van der Waals surface area (Å²) in [6.07, 6.45) is -0.814. The first-order chi connectivity index (χ1) is 35.4. The monoisotopic (exact) mass is 1070 g/mol. The van der Waals surface area contributed by atoms with E-state index in [1.165, 1.54) is 16.2 Å². The van der Waals surface area contributed by atoms with Crippen molar-refractivity contribution in [1.29, 1.82) is 0 Å². The van der Waals surface area contributed by atoms with E-state index in [4.69, 9.17) is 35.5 Å². The molecule has 2 aliphatic heterocycles. The molecular weight excluding hydrogens is 1010 g/mol. The summed E-state index contributed by atoms with van der Waals surface area (Å²) in [6, 6.07) is 10.8. The minimum Gasteiger partial charge on any atom is -0.492 e. The predicted octanol–water partition coefficient (Wildman–Crippen LogP) is 5.19. The number of carbonyl (C=O) groups is 4. The first-order valence-corrected chi connectivity index (χ1v) is 26.7. The number of β-amino-alcohol motifs (C(OH)–C–C–N with tert-alkyl or cyclic N) is 1. The number of thiophene rings is 1. The number of rotatable bonds is 24. The molecule has 5 N–H and O–H groups in total. The molecule has 2 aromatic carbocycles. The van der Waals surface area contributed by atoms with Gasteiger partial charge in [-0.2, -0.15) is 0 Å². The van der Waals surface area contributed by atoms with Gasteiger partial charge in [0.05, 0.1) is 67.4 Å². The van der Waals surface area contributed by atoms with Crippen LogP contribution in [0.15, 0.2) is 53.0 Å². The molecule has 7 rings (SSSR count). The molecule has 19 nitrogen and oxygen atoms in total. The van der Waals surface area contributed by atoms with Gasteiger partial charge < -0.3 is 50.2 Å². The summed E-state index contributed by atoms with van der Waals surface area (Å²) >= 11 is 9.42. The minimum atomic E-state index is -1.01. The lowest BCUT2D eigenvalue weighted by atomic mass is 9.85. The average Bonchev–Trinajstić information content (AvgIpc) is 4.13. The number of fused-ring (bicyclic) bond motifs is 3. The van der Waals surface area contributed by atoms with Gasteiger partial charge in [0.15, 0.2) is 5.82 Å². The first-order valence-electron chi connectivity index (χ1n) is 24.7. The number of nitrogens with zero attached hydrogens (tertiary/aromatic N) is 6. The Balaban J connectivity index is 0.815. The number of benzene rings is 2. The molecule has 398 valence electrons. The van der Waals surface area contributed by atoms with Crippen molar-refractivity contribution >= 4 is 63.6 Å². The number of aryl methyl sites for hydroxylation is 3. The topological polar surface area (TPSA) is 233 Å². The summed E-state index contributed by atoms with van der Waals surface area (Å²) in [4.78, 5) is 67.4. The third kappa shape index (κ3) is 14.0. The van der Waals surface area contributed by atoms with Gasteiger partial charge in [-0.3, -0.25) is 28.7 Å². The van der Waals surface area contributed by atoms with Crippen LogP contribution in [0.2, 0.25) is 5.02 Å². The molecule has 3 aromatic heterocycles. The van der Waals surface area contributed by atoms with Crippen LogP contribution in [0, 0.1) is 33.1 Å². The van der Waals surface area contributed by atoms with E-state index in [2.05, 4.69) is 50.3 Å². The summed E-state index contributed by atoms with van der Waals surface area (Å²) in [5.41, 5.74) is 7.44. The number of aliphatic hydroxyl groups is 1. The maximum absolute atomic E-state index is 14.1. The van der Waals surface area contributed by atoms with Gasteiger partial charge in [-0.05, 0) is 69.5 Å². The van der Waals surface area contributed by atoms with E-state index >= 15 is 0 Å². The summed E-state index contributed by atoms with van der Waals surface area (Å²) in [5.74, 6) is 0.298. The molecule has 0 saturated carbocycles. The van der Waals surface area contributed by atoms with Gasteiger partial charge >= 0.3 is 0 Å². The van der Waals surface area contributed by atoms with Crippen molar-refractivity contribution in [3.05, 3.63) is 97.5 Å². The number of likely N-dealkylation sites (tertiary alicyclic amines) is 1. The van der Waals surface area contributed by atoms with Gasteiger partial charge in [0.25, 0.3) is 0 Å². The van der Waals surface area contributed by atoms with Crippen LogP contribution in [0.5, 0.6) is 5.75 Å². The van der Waals surface area contributed by atoms with Crippen molar-refractivity contribution in [2.24, 2.45) is 10.4 Å². The van der Waals surface area contributed by atoms with E-state index in [9.17, 15) is 24.3 Å². The molecule has 0 spiro atoms. The molecule has 1 saturated heterocycles. The SMILES string of the molecule is CNCCOc1cc(-c2scnc2C)ccc1CNC(=O)C1CC(O)CN1C(=O)C(NC(=O)COCCOCCOCCNC(=O)CC1N=C(c2ccc(Cl)cc2)c2c(sc(C)c2C)-n2c(C)nnc21)C(C)(C)C. The number of likely N-dealkylation sites (N-methyl/N-ethyl adjacent to an activating group) is 1. The van der Waals surface area contributed by atoms with E-state index in [1.54, 1.807) is 16.8 Å². The molecule has 4 amide bonds. The van der Waals surface area contributed by atoms with Crippen LogP contribution in [0.25, 0.3) is 15.4 Å². The van der Waals surface area contributed by atoms with Crippen LogP contribution in [0.1, 0.15) is 84.1 Å². The Kier molecular flexibility index (Phi) is 19.5. The molecule has 0 bridgehead atoms. The maximum Gasteiger partial charge on any atom is 0.246 e. The fourth-order valence-corrected chi connectivity index (χ4v) is 10.8. The smallest absolute Gasteiger partial charge is 0.246 e. The normalized spacial score (nSPS) is 16.8. The first kappa shape index (κ1) is 56.1. The maximum atomic E-state index is 14.1. The van der Waals surface area contributed by atoms with Crippen LogP contribution in [0.3, 0.4) is 0 Å². The second kappa shape index (κ2) is 25.7. The van der Waals surface area contributed by atoms with Gasteiger partial charge in [-0.1, -0.05) is 56.6 Å². The summed E-state index contributed by atoms with van der Waals surface area (Å²) < 4.78 is 25.0. The molecular formula is C52H67ClN10O9S2. The quantitative estimate of drug-likeness (QED) is 0.0502. The lowest BCUT2D eigenvalue weighted by molar-refractivity contribution is -0.144. The van der Waals surface area contributed by atoms with Crippen molar-refractivity contribution in [2.75, 3.05) is 72.9 Å². The van der Waals surface area contributed by atoms with Gasteiger partial charge in [0, 0.05) is 59.2 Å². The Morgan fingerprint density at radius 1 is 0.892 bits per heavy atom. The molecule has 0 radical (unpaired) electrons. The summed E-state index contributed by atoms with van der Waals surface area (Å²) in [6.45, 7) is 15.6. The van der Waals surface area contributed by atoms with Crippen molar-refractivity contribution in [2.45, 2.75) is 92.1 Å². The predicted molar refractivity (Wildman–Crippen MR) is 284 cm³/mol. The molecule has 5 aromatic rings. The van der Waals surface area contributed by atoms with Crippen LogP contribution in [-0.2, 0) is 39.9 Å². The number of hydrogen-bond donors (Lipinski definition) is 5. The van der Waals surface area contributed by atoms with Crippen LogP contribution < -0.4 is 26.0 Å².